The van der Waals surface area contributed by atoms with Crippen molar-refractivity contribution in [3.63, 3.8) is 0 Å². The number of nitrogens with one attached hydrogen (secondary N) is 1. The first-order valence-electron chi connectivity index (χ1n) is 9.99. The normalized spacial score (nSPS) is 10.7. The van der Waals surface area contributed by atoms with Crippen LogP contribution in [0.3, 0.4) is 0 Å². The summed E-state index contributed by atoms with van der Waals surface area (Å²) in [7, 11) is 1.51. The summed E-state index contributed by atoms with van der Waals surface area (Å²) in [6, 6.07) is 14.6. The molecule has 0 aliphatic heterocycles. The molecular weight excluding hydrogens is 433 g/mol. The summed E-state index contributed by atoms with van der Waals surface area (Å²) in [5.74, 6) is 0.147. The maximum Gasteiger partial charge on any atom is 0.253 e. The second-order valence-electron chi connectivity index (χ2n) is 7.34. The van der Waals surface area contributed by atoms with Crippen molar-refractivity contribution < 1.29 is 23.5 Å². The fourth-order valence-corrected chi connectivity index (χ4v) is 3.50. The van der Waals surface area contributed by atoms with Gasteiger partial charge in [-0.05, 0) is 55.8 Å². The number of carbonyl (C=O) groups is 2. The van der Waals surface area contributed by atoms with Gasteiger partial charge in [-0.25, -0.2) is 4.39 Å². The third-order valence-corrected chi connectivity index (χ3v) is 5.06. The zero-order valence-corrected chi connectivity index (χ0v) is 18.7. The highest BCUT2D eigenvalue weighted by molar-refractivity contribution is 6.34. The largest absolute Gasteiger partial charge is 0.496 e. The highest BCUT2D eigenvalue weighted by Crippen LogP contribution is 2.30. The average molecular weight is 456 g/mol. The first-order valence-corrected chi connectivity index (χ1v) is 10.4. The van der Waals surface area contributed by atoms with E-state index in [-0.39, 0.29) is 34.7 Å². The van der Waals surface area contributed by atoms with Crippen molar-refractivity contribution in [1.29, 1.82) is 0 Å². The molecule has 0 heterocycles. The quantitative estimate of drug-likeness (QED) is 0.443. The van der Waals surface area contributed by atoms with Crippen LogP contribution in [0.4, 0.5) is 4.39 Å². The summed E-state index contributed by atoms with van der Waals surface area (Å²) >= 11 is 6.26. The van der Waals surface area contributed by atoms with Crippen LogP contribution in [0.15, 0.2) is 54.6 Å². The third-order valence-electron chi connectivity index (χ3n) is 4.74. The second kappa shape index (κ2) is 10.3. The first kappa shape index (κ1) is 23.3. The van der Waals surface area contributed by atoms with Gasteiger partial charge < -0.3 is 14.8 Å². The maximum absolute atomic E-state index is 14.6. The molecule has 0 aliphatic rings. The zero-order chi connectivity index (χ0) is 23.3. The summed E-state index contributed by atoms with van der Waals surface area (Å²) < 4.78 is 25.6. The Hall–Kier alpha value is -3.38. The molecule has 0 saturated heterocycles. The Balaban J connectivity index is 1.82. The lowest BCUT2D eigenvalue weighted by atomic mass is 9.99. The second-order valence-corrected chi connectivity index (χ2v) is 7.75. The molecule has 0 aromatic heterocycles. The van der Waals surface area contributed by atoms with E-state index in [0.29, 0.717) is 34.5 Å². The molecular formula is C25H23ClFNO4. The van der Waals surface area contributed by atoms with Crippen LogP contribution in [0.25, 0.3) is 11.1 Å². The number of amides is 1. The van der Waals surface area contributed by atoms with Crippen LogP contribution in [0, 0.1) is 5.82 Å². The van der Waals surface area contributed by atoms with Crippen molar-refractivity contribution in [2.24, 2.45) is 0 Å². The van der Waals surface area contributed by atoms with Gasteiger partial charge >= 0.3 is 0 Å². The van der Waals surface area contributed by atoms with Crippen LogP contribution in [-0.4, -0.2) is 25.4 Å². The molecule has 7 heteroatoms. The van der Waals surface area contributed by atoms with E-state index in [1.165, 1.54) is 13.2 Å². The Morgan fingerprint density at radius 3 is 2.59 bits per heavy atom. The molecule has 32 heavy (non-hydrogen) atoms. The van der Waals surface area contributed by atoms with Gasteiger partial charge in [0.1, 0.15) is 17.3 Å². The predicted octanol–water partition coefficient (Wildman–Crippen LogP) is 5.68. The predicted molar refractivity (Wildman–Crippen MR) is 122 cm³/mol. The number of carbonyl (C=O) groups excluding carboxylic acids is 2. The molecule has 5 nitrogen and oxygen atoms in total. The number of rotatable bonds is 8. The van der Waals surface area contributed by atoms with E-state index in [9.17, 15) is 14.0 Å². The van der Waals surface area contributed by atoms with Gasteiger partial charge in [-0.1, -0.05) is 29.8 Å². The summed E-state index contributed by atoms with van der Waals surface area (Å²) in [5.41, 5.74) is 1.78. The number of aldehydes is 1. The maximum atomic E-state index is 14.6. The lowest BCUT2D eigenvalue weighted by molar-refractivity contribution is 0.0950. The van der Waals surface area contributed by atoms with Crippen LogP contribution in [0.1, 0.15) is 40.1 Å². The van der Waals surface area contributed by atoms with Crippen LogP contribution in [0.5, 0.6) is 11.5 Å². The number of methoxy groups -OCH3 is 1. The number of hydrogen-bond donors (Lipinski definition) is 1. The first-order chi connectivity index (χ1) is 15.3. The molecule has 0 saturated carbocycles. The van der Waals surface area contributed by atoms with Gasteiger partial charge in [-0.15, -0.1) is 0 Å². The fraction of sp³-hybridized carbons (Fsp3) is 0.200. The van der Waals surface area contributed by atoms with E-state index in [4.69, 9.17) is 21.1 Å². The van der Waals surface area contributed by atoms with Gasteiger partial charge in [-0.2, -0.15) is 0 Å². The number of ether oxygens (including phenoxy) is 2. The number of benzene rings is 3. The van der Waals surface area contributed by atoms with Crippen molar-refractivity contribution in [2.45, 2.75) is 26.5 Å². The standard InChI is InChI=1S/C25H23ClFNO4/c1-15(2)32-19-8-9-21(22(26)12-19)25(30)28-13-18-11-16(7-10-23(18)31-3)20-6-4-5-17(14-29)24(20)27/h4-12,14-15H,13H2,1-3H3,(H,28,30). The van der Waals surface area contributed by atoms with E-state index < -0.39 is 5.82 Å². The molecule has 0 atom stereocenters. The molecule has 0 radical (unpaired) electrons. The molecule has 1 N–H and O–H groups in total. The van der Waals surface area contributed by atoms with E-state index >= 15 is 0 Å². The van der Waals surface area contributed by atoms with Crippen molar-refractivity contribution in [3.8, 4) is 22.6 Å². The Kier molecular flexibility index (Phi) is 7.49. The Morgan fingerprint density at radius 1 is 1.16 bits per heavy atom. The molecule has 0 spiro atoms. The Labute approximate surface area is 191 Å². The van der Waals surface area contributed by atoms with Gasteiger partial charge in [0, 0.05) is 17.7 Å². The highest BCUT2D eigenvalue weighted by Gasteiger charge is 2.15. The molecule has 166 valence electrons. The van der Waals surface area contributed by atoms with Crippen LogP contribution in [-0.2, 0) is 6.54 Å². The van der Waals surface area contributed by atoms with Crippen molar-refractivity contribution in [3.05, 3.63) is 82.1 Å². The monoisotopic (exact) mass is 455 g/mol. The van der Waals surface area contributed by atoms with E-state index in [0.717, 1.165) is 0 Å². The van der Waals surface area contributed by atoms with Gasteiger partial charge in [0.15, 0.2) is 6.29 Å². The van der Waals surface area contributed by atoms with Gasteiger partial charge in [0.05, 0.1) is 29.4 Å². The molecule has 3 rings (SSSR count). The van der Waals surface area contributed by atoms with Gasteiger partial charge in [0.25, 0.3) is 5.91 Å². The Morgan fingerprint density at radius 2 is 1.94 bits per heavy atom. The van der Waals surface area contributed by atoms with Crippen molar-refractivity contribution in [1.82, 2.24) is 5.32 Å². The van der Waals surface area contributed by atoms with E-state index in [2.05, 4.69) is 5.32 Å². The summed E-state index contributed by atoms with van der Waals surface area (Å²) in [4.78, 5) is 23.8. The van der Waals surface area contributed by atoms with Crippen LogP contribution < -0.4 is 14.8 Å². The highest BCUT2D eigenvalue weighted by atomic mass is 35.5. The molecule has 0 aliphatic carbocycles. The average Bonchev–Trinajstić information content (AvgIpc) is 2.77. The lowest BCUT2D eigenvalue weighted by Crippen LogP contribution is -2.23. The van der Waals surface area contributed by atoms with Crippen molar-refractivity contribution in [2.75, 3.05) is 7.11 Å². The molecule has 3 aromatic rings. The summed E-state index contributed by atoms with van der Waals surface area (Å²) in [6.07, 6.45) is 0.465. The molecule has 3 aromatic carbocycles. The topological polar surface area (TPSA) is 64.6 Å². The van der Waals surface area contributed by atoms with Crippen LogP contribution in [0.2, 0.25) is 5.02 Å². The van der Waals surface area contributed by atoms with E-state index in [1.54, 1.807) is 48.5 Å². The fourth-order valence-electron chi connectivity index (χ4n) is 3.24. The SMILES string of the molecule is COc1ccc(-c2cccc(C=O)c2F)cc1CNC(=O)c1ccc(OC(C)C)cc1Cl. The minimum Gasteiger partial charge on any atom is -0.496 e. The zero-order valence-electron chi connectivity index (χ0n) is 17.9. The number of hydrogen-bond acceptors (Lipinski definition) is 4. The lowest BCUT2D eigenvalue weighted by Gasteiger charge is -2.14. The summed E-state index contributed by atoms with van der Waals surface area (Å²) in [5, 5.41) is 3.09. The Bertz CT molecular complexity index is 1150. The molecule has 0 fully saturated rings. The third kappa shape index (κ3) is 5.26. The molecule has 0 unspecified atom stereocenters. The molecule has 0 bridgehead atoms. The minimum absolute atomic E-state index is 0.0115. The minimum atomic E-state index is -0.599. The smallest absolute Gasteiger partial charge is 0.253 e. The summed E-state index contributed by atoms with van der Waals surface area (Å²) in [6.45, 7) is 3.93. The van der Waals surface area contributed by atoms with E-state index in [1.807, 2.05) is 13.8 Å². The van der Waals surface area contributed by atoms with Crippen molar-refractivity contribution >= 4 is 23.8 Å². The molecule has 1 amide bonds. The van der Waals surface area contributed by atoms with Crippen LogP contribution >= 0.6 is 11.6 Å². The number of halogens is 2. The van der Waals surface area contributed by atoms with Gasteiger partial charge in [-0.3, -0.25) is 9.59 Å². The van der Waals surface area contributed by atoms with Gasteiger partial charge in [0.2, 0.25) is 0 Å².